The maximum Gasteiger partial charge on any atom is 0.339 e. The van der Waals surface area contributed by atoms with Crippen molar-refractivity contribution >= 4 is 22.6 Å². The highest BCUT2D eigenvalue weighted by Gasteiger charge is 2.27. The smallest absolute Gasteiger partial charge is 0.339 e. The number of nitrogens with zero attached hydrogens (tertiary/aromatic N) is 1. The van der Waals surface area contributed by atoms with Crippen molar-refractivity contribution in [3.8, 4) is 11.5 Å². The van der Waals surface area contributed by atoms with Gasteiger partial charge in [-0.05, 0) is 43.4 Å². The summed E-state index contributed by atoms with van der Waals surface area (Å²) in [4.78, 5) is 14.8. The summed E-state index contributed by atoms with van der Waals surface area (Å²) < 4.78 is 17.3. The van der Waals surface area contributed by atoms with Crippen LogP contribution in [-0.4, -0.2) is 18.7 Å². The van der Waals surface area contributed by atoms with Crippen LogP contribution in [0.25, 0.3) is 11.0 Å². The lowest BCUT2D eigenvalue weighted by molar-refractivity contribution is 0.0883. The van der Waals surface area contributed by atoms with E-state index in [9.17, 15) is 4.79 Å². The fourth-order valence-corrected chi connectivity index (χ4v) is 4.77. The molecule has 1 aromatic heterocycles. The lowest BCUT2D eigenvalue weighted by Gasteiger charge is -2.30. The normalized spacial score (nSPS) is 16.2. The number of para-hydroxylation sites is 1. The lowest BCUT2D eigenvalue weighted by atomic mass is 9.90. The van der Waals surface area contributed by atoms with Gasteiger partial charge in [-0.1, -0.05) is 29.8 Å². The van der Waals surface area contributed by atoms with Gasteiger partial charge in [-0.15, -0.1) is 0 Å². The second kappa shape index (κ2) is 7.39. The van der Waals surface area contributed by atoms with Crippen molar-refractivity contribution in [3.05, 3.63) is 68.0 Å². The van der Waals surface area contributed by atoms with Gasteiger partial charge >= 0.3 is 5.63 Å². The Morgan fingerprint density at radius 1 is 1.14 bits per heavy atom. The fourth-order valence-electron chi connectivity index (χ4n) is 4.49. The number of methoxy groups -OCH3 is 1. The van der Waals surface area contributed by atoms with Gasteiger partial charge in [0.05, 0.1) is 17.7 Å². The lowest BCUT2D eigenvalue weighted by Crippen LogP contribution is -2.32. The minimum atomic E-state index is -0.224. The molecule has 2 heterocycles. The summed E-state index contributed by atoms with van der Waals surface area (Å²) in [6, 6.07) is 9.84. The SMILES string of the molecule is COc1ccccc1CN1COc2c(Cl)cc3c4c(c(=O)oc3c2C1)CCCC4. The van der Waals surface area contributed by atoms with Gasteiger partial charge in [0.15, 0.2) is 0 Å². The second-order valence-corrected chi connectivity index (χ2v) is 8.08. The summed E-state index contributed by atoms with van der Waals surface area (Å²) in [6.45, 7) is 1.66. The average molecular weight is 412 g/mol. The Labute approximate surface area is 173 Å². The molecule has 1 aliphatic carbocycles. The van der Waals surface area contributed by atoms with Crippen LogP contribution in [-0.2, 0) is 25.9 Å². The first-order valence-electron chi connectivity index (χ1n) is 9.92. The summed E-state index contributed by atoms with van der Waals surface area (Å²) >= 11 is 6.58. The van der Waals surface area contributed by atoms with Crippen molar-refractivity contribution in [2.24, 2.45) is 0 Å². The van der Waals surface area contributed by atoms with Crippen LogP contribution < -0.4 is 15.1 Å². The highest BCUT2D eigenvalue weighted by atomic mass is 35.5. The Bertz CT molecular complexity index is 1150. The minimum Gasteiger partial charge on any atom is -0.496 e. The van der Waals surface area contributed by atoms with Crippen molar-refractivity contribution in [2.75, 3.05) is 13.8 Å². The van der Waals surface area contributed by atoms with Crippen LogP contribution in [0.3, 0.4) is 0 Å². The molecule has 29 heavy (non-hydrogen) atoms. The van der Waals surface area contributed by atoms with Crippen molar-refractivity contribution in [2.45, 2.75) is 38.8 Å². The Morgan fingerprint density at radius 3 is 2.76 bits per heavy atom. The number of hydrogen-bond donors (Lipinski definition) is 0. The van der Waals surface area contributed by atoms with Crippen LogP contribution in [0.5, 0.6) is 11.5 Å². The zero-order valence-electron chi connectivity index (χ0n) is 16.3. The van der Waals surface area contributed by atoms with E-state index in [1.165, 1.54) is 0 Å². The molecule has 0 atom stereocenters. The van der Waals surface area contributed by atoms with Crippen molar-refractivity contribution < 1.29 is 13.9 Å². The summed E-state index contributed by atoms with van der Waals surface area (Å²) in [5.74, 6) is 1.46. The number of halogens is 1. The second-order valence-electron chi connectivity index (χ2n) is 7.67. The molecule has 0 radical (unpaired) electrons. The zero-order chi connectivity index (χ0) is 20.0. The topological polar surface area (TPSA) is 51.9 Å². The van der Waals surface area contributed by atoms with Crippen LogP contribution in [0.4, 0.5) is 0 Å². The van der Waals surface area contributed by atoms with Gasteiger partial charge in [0.25, 0.3) is 0 Å². The molecule has 3 aromatic rings. The Kier molecular flexibility index (Phi) is 4.72. The molecule has 2 aliphatic rings. The summed E-state index contributed by atoms with van der Waals surface area (Å²) in [6.07, 6.45) is 3.77. The van der Waals surface area contributed by atoms with Gasteiger partial charge in [0, 0.05) is 29.6 Å². The van der Waals surface area contributed by atoms with Crippen molar-refractivity contribution in [1.29, 1.82) is 0 Å². The van der Waals surface area contributed by atoms with Crippen molar-refractivity contribution in [1.82, 2.24) is 4.90 Å². The van der Waals surface area contributed by atoms with Gasteiger partial charge < -0.3 is 13.9 Å². The first-order valence-corrected chi connectivity index (χ1v) is 10.3. The van der Waals surface area contributed by atoms with Crippen LogP contribution >= 0.6 is 11.6 Å². The fraction of sp³-hybridized carbons (Fsp3) is 0.348. The number of benzene rings is 2. The standard InChI is InChI=1S/C23H22ClNO4/c1-27-20-9-5-2-6-14(20)11-25-12-18-21-17(10-19(24)22(18)28-13-25)15-7-3-4-8-16(15)23(26)29-21/h2,5-6,9-10H,3-4,7-8,11-13H2,1H3. The maximum atomic E-state index is 12.6. The highest BCUT2D eigenvalue weighted by Crippen LogP contribution is 2.41. The van der Waals surface area contributed by atoms with Gasteiger partial charge in [0.2, 0.25) is 0 Å². The van der Waals surface area contributed by atoms with Crippen molar-refractivity contribution in [3.63, 3.8) is 0 Å². The molecule has 0 fully saturated rings. The third kappa shape index (κ3) is 3.18. The number of fused-ring (bicyclic) bond motifs is 5. The third-order valence-corrected chi connectivity index (χ3v) is 6.16. The third-order valence-electron chi connectivity index (χ3n) is 5.87. The predicted octanol–water partition coefficient (Wildman–Crippen LogP) is 4.69. The van der Waals surface area contributed by atoms with E-state index in [2.05, 4.69) is 4.90 Å². The van der Waals surface area contributed by atoms with Gasteiger partial charge in [-0.2, -0.15) is 0 Å². The van der Waals surface area contributed by atoms with Gasteiger partial charge in [0.1, 0.15) is 23.8 Å². The number of ether oxygens (including phenoxy) is 2. The highest BCUT2D eigenvalue weighted by molar-refractivity contribution is 6.33. The van der Waals surface area contributed by atoms with Crippen LogP contribution in [0, 0.1) is 0 Å². The molecule has 0 amide bonds. The molecule has 6 heteroatoms. The van der Waals surface area contributed by atoms with E-state index < -0.39 is 0 Å². The molecule has 150 valence electrons. The molecule has 0 saturated carbocycles. The molecule has 5 nitrogen and oxygen atoms in total. The van der Waals surface area contributed by atoms with E-state index >= 15 is 0 Å². The molecule has 5 rings (SSSR count). The molecule has 0 unspecified atom stereocenters. The van der Waals surface area contributed by atoms with E-state index in [-0.39, 0.29) is 5.63 Å². The van der Waals surface area contributed by atoms with Crippen LogP contribution in [0.2, 0.25) is 5.02 Å². The number of aryl methyl sites for hydroxylation is 1. The Morgan fingerprint density at radius 2 is 1.93 bits per heavy atom. The first-order chi connectivity index (χ1) is 14.2. The maximum absolute atomic E-state index is 12.6. The quantitative estimate of drug-likeness (QED) is 0.585. The Hall–Kier alpha value is -2.50. The molecular weight excluding hydrogens is 390 g/mol. The first kappa shape index (κ1) is 18.5. The average Bonchev–Trinajstić information content (AvgIpc) is 2.75. The number of rotatable bonds is 3. The van der Waals surface area contributed by atoms with E-state index in [0.29, 0.717) is 36.2 Å². The molecule has 2 aromatic carbocycles. The van der Waals surface area contributed by atoms with Gasteiger partial charge in [-0.25, -0.2) is 4.79 Å². The summed E-state index contributed by atoms with van der Waals surface area (Å²) in [7, 11) is 1.67. The largest absolute Gasteiger partial charge is 0.496 e. The molecule has 1 aliphatic heterocycles. The molecule has 0 saturated heterocycles. The van der Waals surface area contributed by atoms with Crippen LogP contribution in [0.15, 0.2) is 39.5 Å². The zero-order valence-corrected chi connectivity index (χ0v) is 17.1. The Balaban J connectivity index is 1.58. The van der Waals surface area contributed by atoms with Gasteiger partial charge in [-0.3, -0.25) is 4.90 Å². The monoisotopic (exact) mass is 411 g/mol. The molecular formula is C23H22ClNO4. The van der Waals surface area contributed by atoms with Crippen LogP contribution in [0.1, 0.15) is 35.1 Å². The van der Waals surface area contributed by atoms with E-state index in [0.717, 1.165) is 59.1 Å². The molecule has 0 bridgehead atoms. The van der Waals surface area contributed by atoms with E-state index in [1.54, 1.807) is 7.11 Å². The summed E-state index contributed by atoms with van der Waals surface area (Å²) in [5, 5.41) is 1.52. The summed E-state index contributed by atoms with van der Waals surface area (Å²) in [5.41, 5.74) is 4.21. The molecule has 0 N–H and O–H groups in total. The predicted molar refractivity (Wildman–Crippen MR) is 112 cm³/mol. The van der Waals surface area contributed by atoms with E-state index in [1.807, 2.05) is 30.3 Å². The van der Waals surface area contributed by atoms with E-state index in [4.69, 9.17) is 25.5 Å². The minimum absolute atomic E-state index is 0.224. The molecule has 0 spiro atoms. The number of hydrogen-bond acceptors (Lipinski definition) is 5.